The van der Waals surface area contributed by atoms with Crippen molar-refractivity contribution in [3.05, 3.63) is 24.3 Å². The molecular weight excluding hydrogens is 264 g/mol. The zero-order valence-electron chi connectivity index (χ0n) is 12.3. The number of aliphatic hydroxyl groups excluding tert-OH is 2. The Morgan fingerprint density at radius 3 is 1.80 bits per heavy atom. The van der Waals surface area contributed by atoms with Gasteiger partial charge in [0.15, 0.2) is 0 Å². The SMILES string of the molecule is C=C(C)C(=O)OCC(CC)OC(=O)C(=C)C.OCCO. The molecule has 0 amide bonds. The van der Waals surface area contributed by atoms with Crippen molar-refractivity contribution in [3.8, 4) is 0 Å². The second-order valence-corrected chi connectivity index (χ2v) is 4.04. The van der Waals surface area contributed by atoms with E-state index >= 15 is 0 Å². The normalized spacial score (nSPS) is 10.7. The van der Waals surface area contributed by atoms with Gasteiger partial charge in [-0.1, -0.05) is 20.1 Å². The lowest BCUT2D eigenvalue weighted by Gasteiger charge is -2.16. The van der Waals surface area contributed by atoms with Gasteiger partial charge in [-0.05, 0) is 20.3 Å². The van der Waals surface area contributed by atoms with E-state index in [4.69, 9.17) is 19.7 Å². The van der Waals surface area contributed by atoms with Gasteiger partial charge in [0, 0.05) is 11.1 Å². The molecule has 0 saturated heterocycles. The molecule has 0 saturated carbocycles. The van der Waals surface area contributed by atoms with Crippen LogP contribution in [0.25, 0.3) is 0 Å². The Labute approximate surface area is 119 Å². The van der Waals surface area contributed by atoms with Gasteiger partial charge in [0.05, 0.1) is 13.2 Å². The van der Waals surface area contributed by atoms with Crippen molar-refractivity contribution in [2.75, 3.05) is 19.8 Å². The average molecular weight is 288 g/mol. The summed E-state index contributed by atoms with van der Waals surface area (Å²) >= 11 is 0. The van der Waals surface area contributed by atoms with Crippen LogP contribution >= 0.6 is 0 Å². The third kappa shape index (κ3) is 11.4. The quantitative estimate of drug-likeness (QED) is 0.536. The molecule has 1 unspecified atom stereocenters. The van der Waals surface area contributed by atoms with Crippen LogP contribution in [0.5, 0.6) is 0 Å². The van der Waals surface area contributed by atoms with Crippen LogP contribution in [0.4, 0.5) is 0 Å². The summed E-state index contributed by atoms with van der Waals surface area (Å²) in [7, 11) is 0. The molecule has 0 aromatic heterocycles. The van der Waals surface area contributed by atoms with E-state index in [1.165, 1.54) is 0 Å². The fourth-order valence-electron chi connectivity index (χ4n) is 0.779. The molecule has 0 aromatic carbocycles. The van der Waals surface area contributed by atoms with E-state index in [9.17, 15) is 9.59 Å². The molecule has 1 atom stereocenters. The summed E-state index contributed by atoms with van der Waals surface area (Å²) < 4.78 is 9.94. The standard InChI is InChI=1S/C12H18O4.C2H6O2/c1-6-10(16-12(14)9(4)5)7-15-11(13)8(2)3;3-1-2-4/h10H,2,4,6-7H2,1,3,5H3;3-4H,1-2H2. The zero-order valence-corrected chi connectivity index (χ0v) is 12.3. The number of aliphatic hydroxyl groups is 2. The molecule has 6 nitrogen and oxygen atoms in total. The monoisotopic (exact) mass is 288 g/mol. The van der Waals surface area contributed by atoms with Gasteiger partial charge in [-0.2, -0.15) is 0 Å². The third-order valence-corrected chi connectivity index (χ3v) is 1.93. The maximum absolute atomic E-state index is 11.2. The highest BCUT2D eigenvalue weighted by atomic mass is 16.6. The van der Waals surface area contributed by atoms with Gasteiger partial charge in [0.2, 0.25) is 0 Å². The van der Waals surface area contributed by atoms with Gasteiger partial charge in [-0.15, -0.1) is 0 Å². The summed E-state index contributed by atoms with van der Waals surface area (Å²) in [5.41, 5.74) is 0.644. The third-order valence-electron chi connectivity index (χ3n) is 1.93. The van der Waals surface area contributed by atoms with Crippen molar-refractivity contribution < 1.29 is 29.3 Å². The summed E-state index contributed by atoms with van der Waals surface area (Å²) in [5.74, 6) is -0.956. The molecule has 0 fully saturated rings. The largest absolute Gasteiger partial charge is 0.458 e. The number of hydrogen-bond acceptors (Lipinski definition) is 6. The van der Waals surface area contributed by atoms with E-state index in [0.29, 0.717) is 17.6 Å². The van der Waals surface area contributed by atoms with E-state index in [0.717, 1.165) is 0 Å². The van der Waals surface area contributed by atoms with E-state index in [-0.39, 0.29) is 19.8 Å². The lowest BCUT2D eigenvalue weighted by atomic mass is 10.3. The highest BCUT2D eigenvalue weighted by Crippen LogP contribution is 2.04. The number of esters is 2. The van der Waals surface area contributed by atoms with Gasteiger partial charge in [0.1, 0.15) is 12.7 Å². The number of ether oxygens (including phenoxy) is 2. The van der Waals surface area contributed by atoms with Crippen molar-refractivity contribution >= 4 is 11.9 Å². The molecular formula is C14H24O6. The van der Waals surface area contributed by atoms with Gasteiger partial charge >= 0.3 is 11.9 Å². The molecule has 0 aliphatic carbocycles. The molecule has 6 heteroatoms. The maximum atomic E-state index is 11.2. The first kappa shape index (κ1) is 20.7. The van der Waals surface area contributed by atoms with Gasteiger partial charge in [0.25, 0.3) is 0 Å². The molecule has 2 N–H and O–H groups in total. The lowest BCUT2D eigenvalue weighted by Crippen LogP contribution is -2.25. The molecule has 0 aromatic rings. The number of rotatable bonds is 7. The van der Waals surface area contributed by atoms with Crippen LogP contribution in [0.1, 0.15) is 27.2 Å². The summed E-state index contributed by atoms with van der Waals surface area (Å²) in [6, 6.07) is 0. The van der Waals surface area contributed by atoms with Crippen LogP contribution < -0.4 is 0 Å². The van der Waals surface area contributed by atoms with Crippen LogP contribution in [0.15, 0.2) is 24.3 Å². The number of carbonyl (C=O) groups excluding carboxylic acids is 2. The molecule has 116 valence electrons. The zero-order chi connectivity index (χ0) is 16.1. The Bertz CT molecular complexity index is 333. The number of hydrogen-bond donors (Lipinski definition) is 2. The molecule has 0 radical (unpaired) electrons. The van der Waals surface area contributed by atoms with E-state index < -0.39 is 18.0 Å². The molecule has 0 aliphatic rings. The van der Waals surface area contributed by atoms with E-state index in [2.05, 4.69) is 13.2 Å². The number of carbonyl (C=O) groups is 2. The van der Waals surface area contributed by atoms with Crippen LogP contribution in [-0.4, -0.2) is 48.1 Å². The van der Waals surface area contributed by atoms with Gasteiger partial charge < -0.3 is 19.7 Å². The minimum atomic E-state index is -0.482. The van der Waals surface area contributed by atoms with Crippen molar-refractivity contribution in [3.63, 3.8) is 0 Å². The molecule has 0 rings (SSSR count). The Balaban J connectivity index is 0. The topological polar surface area (TPSA) is 93.1 Å². The first-order chi connectivity index (χ1) is 9.29. The summed E-state index contributed by atoms with van der Waals surface area (Å²) in [6.07, 6.45) is 0.134. The Morgan fingerprint density at radius 2 is 1.50 bits per heavy atom. The summed E-state index contributed by atoms with van der Waals surface area (Å²) in [6.45, 7) is 11.7. The van der Waals surface area contributed by atoms with Crippen LogP contribution in [0.3, 0.4) is 0 Å². The van der Waals surface area contributed by atoms with Crippen molar-refractivity contribution in [1.82, 2.24) is 0 Å². The van der Waals surface area contributed by atoms with E-state index in [1.54, 1.807) is 13.8 Å². The van der Waals surface area contributed by atoms with Gasteiger partial charge in [-0.3, -0.25) is 0 Å². The highest BCUT2D eigenvalue weighted by molar-refractivity contribution is 5.87. The fraction of sp³-hybridized carbons (Fsp3) is 0.571. The van der Waals surface area contributed by atoms with Crippen LogP contribution in [0.2, 0.25) is 0 Å². The van der Waals surface area contributed by atoms with Crippen LogP contribution in [0, 0.1) is 0 Å². The highest BCUT2D eigenvalue weighted by Gasteiger charge is 2.15. The Hall–Kier alpha value is -1.66. The molecule has 0 heterocycles. The lowest BCUT2D eigenvalue weighted by molar-refractivity contribution is -0.154. The van der Waals surface area contributed by atoms with Crippen molar-refractivity contribution in [2.45, 2.75) is 33.3 Å². The van der Waals surface area contributed by atoms with Crippen molar-refractivity contribution in [1.29, 1.82) is 0 Å². The molecule has 0 spiro atoms. The average Bonchev–Trinajstić information content (AvgIpc) is 2.42. The molecule has 20 heavy (non-hydrogen) atoms. The predicted molar refractivity (Wildman–Crippen MR) is 74.9 cm³/mol. The molecule has 0 aliphatic heterocycles. The Kier molecular flexibility index (Phi) is 12.8. The summed E-state index contributed by atoms with van der Waals surface area (Å²) in [4.78, 5) is 22.3. The predicted octanol–water partition coefficient (Wildman–Crippen LogP) is 0.975. The Morgan fingerprint density at radius 1 is 1.05 bits per heavy atom. The minimum Gasteiger partial charge on any atom is -0.458 e. The second kappa shape index (κ2) is 12.4. The van der Waals surface area contributed by atoms with Gasteiger partial charge in [-0.25, -0.2) is 9.59 Å². The maximum Gasteiger partial charge on any atom is 0.333 e. The minimum absolute atomic E-state index is 0.0429. The van der Waals surface area contributed by atoms with E-state index in [1.807, 2.05) is 6.92 Å². The second-order valence-electron chi connectivity index (χ2n) is 4.04. The van der Waals surface area contributed by atoms with Crippen molar-refractivity contribution in [2.24, 2.45) is 0 Å². The first-order valence-corrected chi connectivity index (χ1v) is 6.20. The van der Waals surface area contributed by atoms with Crippen LogP contribution in [-0.2, 0) is 19.1 Å². The molecule has 0 bridgehead atoms. The fourth-order valence-corrected chi connectivity index (χ4v) is 0.779. The smallest absolute Gasteiger partial charge is 0.333 e. The summed E-state index contributed by atoms with van der Waals surface area (Å²) in [5, 5.41) is 15.2. The first-order valence-electron chi connectivity index (χ1n) is 6.20.